The average Bonchev–Trinajstić information content (AvgIpc) is 2.74. The highest BCUT2D eigenvalue weighted by atomic mass is 16.5. The van der Waals surface area contributed by atoms with Crippen LogP contribution in [0.2, 0.25) is 0 Å². The van der Waals surface area contributed by atoms with Gasteiger partial charge < -0.3 is 9.47 Å². The molecule has 3 aromatic rings. The number of rotatable bonds is 6. The van der Waals surface area contributed by atoms with Crippen LogP contribution in [0.25, 0.3) is 0 Å². The van der Waals surface area contributed by atoms with Crippen LogP contribution in [0.5, 0.6) is 17.5 Å². The summed E-state index contributed by atoms with van der Waals surface area (Å²) in [6.45, 7) is 4.99. The minimum atomic E-state index is 0.171. The lowest BCUT2D eigenvalue weighted by Gasteiger charge is -2.32. The molecular weight excluding hydrogens is 350 g/mol. The first-order valence-corrected chi connectivity index (χ1v) is 9.75. The molecule has 0 unspecified atom stereocenters. The van der Waals surface area contributed by atoms with Gasteiger partial charge in [0.05, 0.1) is 5.56 Å². The molecule has 0 radical (unpaired) electrons. The van der Waals surface area contributed by atoms with E-state index in [1.54, 1.807) is 0 Å². The lowest BCUT2D eigenvalue weighted by atomic mass is 10.1. The Kier molecular flexibility index (Phi) is 5.83. The van der Waals surface area contributed by atoms with E-state index in [2.05, 4.69) is 45.2 Å². The van der Waals surface area contributed by atoms with Crippen molar-refractivity contribution in [1.82, 2.24) is 14.9 Å². The van der Waals surface area contributed by atoms with E-state index in [9.17, 15) is 0 Å². The van der Waals surface area contributed by atoms with Crippen LogP contribution >= 0.6 is 0 Å². The summed E-state index contributed by atoms with van der Waals surface area (Å²) in [6, 6.07) is 20.3. The van der Waals surface area contributed by atoms with E-state index in [1.807, 2.05) is 37.3 Å². The molecule has 0 atom stereocenters. The van der Waals surface area contributed by atoms with Crippen LogP contribution in [-0.4, -0.2) is 34.1 Å². The standard InChI is InChI=1S/C23H25N3O2/c1-18-22(27-20-10-6-3-7-11-20)24-17-25-23(18)28-21-12-14-26(15-13-21)16-19-8-4-2-5-9-19/h2-11,17,21H,12-16H2,1H3. The highest BCUT2D eigenvalue weighted by molar-refractivity contribution is 5.36. The van der Waals surface area contributed by atoms with Crippen molar-refractivity contribution in [3.05, 3.63) is 78.1 Å². The maximum absolute atomic E-state index is 6.21. The number of piperidine rings is 1. The highest BCUT2D eigenvalue weighted by Gasteiger charge is 2.22. The Bertz CT molecular complexity index is 879. The van der Waals surface area contributed by atoms with E-state index < -0.39 is 0 Å². The SMILES string of the molecule is Cc1c(Oc2ccccc2)ncnc1OC1CCN(Cc2ccccc2)CC1. The predicted octanol–water partition coefficient (Wildman–Crippen LogP) is 4.62. The number of aromatic nitrogens is 2. The summed E-state index contributed by atoms with van der Waals surface area (Å²) in [4.78, 5) is 11.1. The topological polar surface area (TPSA) is 47.5 Å². The summed E-state index contributed by atoms with van der Waals surface area (Å²) in [6.07, 6.45) is 3.66. The van der Waals surface area contributed by atoms with Crippen LogP contribution in [0.3, 0.4) is 0 Å². The average molecular weight is 375 g/mol. The van der Waals surface area contributed by atoms with Gasteiger partial charge in [0.25, 0.3) is 0 Å². The zero-order chi connectivity index (χ0) is 19.2. The molecule has 0 saturated carbocycles. The highest BCUT2D eigenvalue weighted by Crippen LogP contribution is 2.29. The molecule has 1 saturated heterocycles. The van der Waals surface area contributed by atoms with Crippen molar-refractivity contribution in [3.8, 4) is 17.5 Å². The Morgan fingerprint density at radius 1 is 0.893 bits per heavy atom. The van der Waals surface area contributed by atoms with Crippen molar-refractivity contribution in [1.29, 1.82) is 0 Å². The van der Waals surface area contributed by atoms with Gasteiger partial charge in [0, 0.05) is 19.6 Å². The fraction of sp³-hybridized carbons (Fsp3) is 0.304. The fourth-order valence-electron chi connectivity index (χ4n) is 3.43. The van der Waals surface area contributed by atoms with Crippen LogP contribution in [0.1, 0.15) is 24.0 Å². The largest absolute Gasteiger partial charge is 0.474 e. The predicted molar refractivity (Wildman–Crippen MR) is 109 cm³/mol. The molecule has 0 spiro atoms. The lowest BCUT2D eigenvalue weighted by Crippen LogP contribution is -2.38. The number of benzene rings is 2. The number of ether oxygens (including phenoxy) is 2. The van der Waals surface area contributed by atoms with Gasteiger partial charge >= 0.3 is 0 Å². The second-order valence-corrected chi connectivity index (χ2v) is 7.10. The molecule has 1 aliphatic rings. The van der Waals surface area contributed by atoms with Crippen LogP contribution in [-0.2, 0) is 6.54 Å². The number of hydrogen-bond acceptors (Lipinski definition) is 5. The normalized spacial score (nSPS) is 15.3. The smallest absolute Gasteiger partial charge is 0.229 e. The maximum Gasteiger partial charge on any atom is 0.229 e. The van der Waals surface area contributed by atoms with Crippen LogP contribution in [0.4, 0.5) is 0 Å². The Morgan fingerprint density at radius 2 is 1.54 bits per heavy atom. The summed E-state index contributed by atoms with van der Waals surface area (Å²) >= 11 is 0. The summed E-state index contributed by atoms with van der Waals surface area (Å²) in [5.41, 5.74) is 2.19. The summed E-state index contributed by atoms with van der Waals surface area (Å²) < 4.78 is 12.1. The van der Waals surface area contributed by atoms with Crippen LogP contribution in [0, 0.1) is 6.92 Å². The number of hydrogen-bond donors (Lipinski definition) is 0. The molecule has 0 aliphatic carbocycles. The van der Waals surface area contributed by atoms with Gasteiger partial charge in [0.15, 0.2) is 0 Å². The summed E-state index contributed by atoms with van der Waals surface area (Å²) in [5, 5.41) is 0. The maximum atomic E-state index is 6.21. The van der Waals surface area contributed by atoms with Crippen molar-refractivity contribution in [2.24, 2.45) is 0 Å². The van der Waals surface area contributed by atoms with Gasteiger partial charge in [0.2, 0.25) is 11.8 Å². The van der Waals surface area contributed by atoms with Crippen molar-refractivity contribution in [2.45, 2.75) is 32.4 Å². The minimum absolute atomic E-state index is 0.171. The quantitative estimate of drug-likeness (QED) is 0.629. The van der Waals surface area contributed by atoms with Gasteiger partial charge in [0.1, 0.15) is 18.2 Å². The van der Waals surface area contributed by atoms with Crippen LogP contribution in [0.15, 0.2) is 67.0 Å². The molecule has 2 heterocycles. The number of nitrogens with zero attached hydrogens (tertiary/aromatic N) is 3. The molecular formula is C23H25N3O2. The Labute approximate surface area is 166 Å². The van der Waals surface area contributed by atoms with E-state index >= 15 is 0 Å². The Hall–Kier alpha value is -2.92. The van der Waals surface area contributed by atoms with Gasteiger partial charge in [-0.1, -0.05) is 48.5 Å². The molecule has 1 aliphatic heterocycles. The zero-order valence-corrected chi connectivity index (χ0v) is 16.1. The third-order valence-electron chi connectivity index (χ3n) is 5.01. The third kappa shape index (κ3) is 4.67. The molecule has 5 heteroatoms. The van der Waals surface area contributed by atoms with Gasteiger partial charge in [-0.25, -0.2) is 9.97 Å². The number of likely N-dealkylation sites (tertiary alicyclic amines) is 1. The second kappa shape index (κ2) is 8.85. The molecule has 5 nitrogen and oxygen atoms in total. The third-order valence-corrected chi connectivity index (χ3v) is 5.01. The zero-order valence-electron chi connectivity index (χ0n) is 16.1. The molecule has 0 amide bonds. The Balaban J connectivity index is 1.34. The van der Waals surface area contributed by atoms with Gasteiger partial charge in [-0.3, -0.25) is 4.90 Å². The summed E-state index contributed by atoms with van der Waals surface area (Å²) in [7, 11) is 0. The fourth-order valence-corrected chi connectivity index (χ4v) is 3.43. The monoisotopic (exact) mass is 375 g/mol. The van der Waals surface area contributed by atoms with E-state index in [0.29, 0.717) is 11.8 Å². The second-order valence-electron chi connectivity index (χ2n) is 7.10. The Morgan fingerprint density at radius 3 is 2.25 bits per heavy atom. The molecule has 2 aromatic carbocycles. The first kappa shape index (κ1) is 18.4. The van der Waals surface area contributed by atoms with E-state index in [-0.39, 0.29) is 6.10 Å². The van der Waals surface area contributed by atoms with Crippen molar-refractivity contribution >= 4 is 0 Å². The molecule has 0 N–H and O–H groups in total. The van der Waals surface area contributed by atoms with Gasteiger partial charge in [-0.2, -0.15) is 0 Å². The molecule has 1 fully saturated rings. The number of para-hydroxylation sites is 1. The molecule has 4 rings (SSSR count). The minimum Gasteiger partial charge on any atom is -0.474 e. The van der Waals surface area contributed by atoms with Crippen LogP contribution < -0.4 is 9.47 Å². The molecule has 144 valence electrons. The van der Waals surface area contributed by atoms with Crippen molar-refractivity contribution < 1.29 is 9.47 Å². The van der Waals surface area contributed by atoms with Crippen molar-refractivity contribution in [2.75, 3.05) is 13.1 Å². The summed E-state index contributed by atoms with van der Waals surface area (Å²) in [5.74, 6) is 1.91. The van der Waals surface area contributed by atoms with E-state index in [4.69, 9.17) is 9.47 Å². The van der Waals surface area contributed by atoms with Gasteiger partial charge in [-0.05, 0) is 37.5 Å². The molecule has 28 heavy (non-hydrogen) atoms. The molecule has 1 aromatic heterocycles. The first-order chi connectivity index (χ1) is 13.8. The van der Waals surface area contributed by atoms with Crippen molar-refractivity contribution in [3.63, 3.8) is 0 Å². The molecule has 0 bridgehead atoms. The lowest BCUT2D eigenvalue weighted by molar-refractivity contribution is 0.0922. The van der Waals surface area contributed by atoms with E-state index in [1.165, 1.54) is 11.9 Å². The first-order valence-electron chi connectivity index (χ1n) is 9.75. The van der Waals surface area contributed by atoms with Gasteiger partial charge in [-0.15, -0.1) is 0 Å². The van der Waals surface area contributed by atoms with E-state index in [0.717, 1.165) is 43.8 Å².